The van der Waals surface area contributed by atoms with Crippen LogP contribution in [0.1, 0.15) is 22.5 Å². The summed E-state index contributed by atoms with van der Waals surface area (Å²) in [4.78, 5) is 22.8. The Hall–Kier alpha value is -1.88. The molecule has 1 amide bonds. The van der Waals surface area contributed by atoms with Gasteiger partial charge in [-0.15, -0.1) is 11.3 Å². The van der Waals surface area contributed by atoms with E-state index in [1.807, 2.05) is 30.3 Å². The first-order valence-electron chi connectivity index (χ1n) is 5.65. The van der Waals surface area contributed by atoms with Gasteiger partial charge < -0.3 is 10.4 Å². The van der Waals surface area contributed by atoms with Crippen molar-refractivity contribution < 1.29 is 14.7 Å². The van der Waals surface area contributed by atoms with Crippen molar-refractivity contribution in [3.8, 4) is 0 Å². The molecule has 0 aliphatic carbocycles. The molecule has 2 N–H and O–H groups in total. The molecule has 4 nitrogen and oxygen atoms in total. The number of benzene rings is 1. The van der Waals surface area contributed by atoms with E-state index in [1.54, 1.807) is 0 Å². The van der Waals surface area contributed by atoms with Crippen molar-refractivity contribution in [3.63, 3.8) is 0 Å². The van der Waals surface area contributed by atoms with Crippen LogP contribution in [-0.2, 0) is 4.79 Å². The minimum atomic E-state index is -0.842. The molecule has 0 atom stereocenters. The van der Waals surface area contributed by atoms with Gasteiger partial charge in [-0.3, -0.25) is 9.59 Å². The van der Waals surface area contributed by atoms with E-state index in [4.69, 9.17) is 5.11 Å². The number of fused-ring (bicyclic) bond motifs is 1. The predicted octanol–water partition coefficient (Wildman–Crippen LogP) is 2.50. The topological polar surface area (TPSA) is 66.4 Å². The predicted molar refractivity (Wildman–Crippen MR) is 71.0 cm³/mol. The molecule has 0 saturated carbocycles. The molecule has 1 heterocycles. The van der Waals surface area contributed by atoms with Gasteiger partial charge in [-0.05, 0) is 23.9 Å². The first kappa shape index (κ1) is 12.6. The van der Waals surface area contributed by atoms with Gasteiger partial charge in [0, 0.05) is 17.7 Å². The lowest BCUT2D eigenvalue weighted by Gasteiger charge is -2.01. The van der Waals surface area contributed by atoms with E-state index in [-0.39, 0.29) is 12.3 Å². The van der Waals surface area contributed by atoms with Gasteiger partial charge in [-0.1, -0.05) is 18.2 Å². The van der Waals surface area contributed by atoms with Crippen LogP contribution in [0.4, 0.5) is 0 Å². The summed E-state index contributed by atoms with van der Waals surface area (Å²) >= 11 is 1.44. The second-order valence-electron chi connectivity index (χ2n) is 3.90. The van der Waals surface area contributed by atoms with Gasteiger partial charge in [-0.2, -0.15) is 0 Å². The first-order valence-corrected chi connectivity index (χ1v) is 6.47. The molecule has 0 unspecified atom stereocenters. The lowest BCUT2D eigenvalue weighted by Crippen LogP contribution is -2.23. The molecular formula is C13H13NO3S. The monoisotopic (exact) mass is 263 g/mol. The highest BCUT2D eigenvalue weighted by Crippen LogP contribution is 2.24. The van der Waals surface area contributed by atoms with E-state index in [9.17, 15) is 9.59 Å². The van der Waals surface area contributed by atoms with Crippen LogP contribution in [-0.4, -0.2) is 23.5 Å². The molecule has 0 aliphatic rings. The standard InChI is InChI=1S/C13H13NO3S/c15-12(16)6-3-7-14-13(17)11-8-9-4-1-2-5-10(9)18-11/h1-2,4-5,8H,3,6-7H2,(H,14,17)(H,15,16). The van der Waals surface area contributed by atoms with Crippen molar-refractivity contribution in [2.75, 3.05) is 6.54 Å². The molecule has 0 spiro atoms. The Kier molecular flexibility index (Phi) is 3.94. The second kappa shape index (κ2) is 5.64. The van der Waals surface area contributed by atoms with Crippen molar-refractivity contribution in [3.05, 3.63) is 35.2 Å². The summed E-state index contributed by atoms with van der Waals surface area (Å²) in [6.45, 7) is 0.388. The lowest BCUT2D eigenvalue weighted by atomic mass is 10.2. The highest BCUT2D eigenvalue weighted by atomic mass is 32.1. The number of carbonyl (C=O) groups is 2. The Bertz CT molecular complexity index is 543. The van der Waals surface area contributed by atoms with E-state index in [1.165, 1.54) is 11.3 Å². The van der Waals surface area contributed by atoms with Gasteiger partial charge >= 0.3 is 5.97 Å². The Balaban J connectivity index is 1.94. The number of carboxylic acids is 1. The number of carboxylic acid groups (broad SMARTS) is 1. The molecule has 2 rings (SSSR count). The largest absolute Gasteiger partial charge is 0.481 e. The number of nitrogens with one attached hydrogen (secondary N) is 1. The Morgan fingerprint density at radius 1 is 1.28 bits per heavy atom. The Morgan fingerprint density at radius 2 is 2.06 bits per heavy atom. The average Bonchev–Trinajstić information content (AvgIpc) is 2.78. The lowest BCUT2D eigenvalue weighted by molar-refractivity contribution is -0.137. The zero-order valence-electron chi connectivity index (χ0n) is 9.68. The van der Waals surface area contributed by atoms with Crippen molar-refractivity contribution in [2.45, 2.75) is 12.8 Å². The molecule has 0 bridgehead atoms. The smallest absolute Gasteiger partial charge is 0.303 e. The Morgan fingerprint density at radius 3 is 2.78 bits per heavy atom. The third-order valence-electron chi connectivity index (χ3n) is 2.50. The third kappa shape index (κ3) is 3.07. The van der Waals surface area contributed by atoms with Crippen molar-refractivity contribution in [1.82, 2.24) is 5.32 Å². The van der Waals surface area contributed by atoms with Gasteiger partial charge in [0.15, 0.2) is 0 Å². The number of rotatable bonds is 5. The molecule has 2 aromatic rings. The van der Waals surface area contributed by atoms with E-state index in [2.05, 4.69) is 5.32 Å². The van der Waals surface area contributed by atoms with Crippen molar-refractivity contribution in [1.29, 1.82) is 0 Å². The summed E-state index contributed by atoms with van der Waals surface area (Å²) in [5.41, 5.74) is 0. The fraction of sp³-hybridized carbons (Fsp3) is 0.231. The summed E-state index contributed by atoms with van der Waals surface area (Å²) in [6.07, 6.45) is 0.526. The maximum absolute atomic E-state index is 11.8. The van der Waals surface area contributed by atoms with Crippen molar-refractivity contribution >= 4 is 33.3 Å². The molecule has 1 aromatic carbocycles. The van der Waals surface area contributed by atoms with E-state index in [0.29, 0.717) is 17.8 Å². The van der Waals surface area contributed by atoms with E-state index >= 15 is 0 Å². The van der Waals surface area contributed by atoms with Crippen LogP contribution in [0.3, 0.4) is 0 Å². The number of carbonyl (C=O) groups excluding carboxylic acids is 1. The summed E-state index contributed by atoms with van der Waals surface area (Å²) < 4.78 is 1.08. The SMILES string of the molecule is O=C(O)CCCNC(=O)c1cc2ccccc2s1. The van der Waals surface area contributed by atoms with Gasteiger partial charge in [0.05, 0.1) is 4.88 Å². The summed E-state index contributed by atoms with van der Waals surface area (Å²) in [6, 6.07) is 9.66. The molecule has 0 saturated heterocycles. The highest BCUT2D eigenvalue weighted by molar-refractivity contribution is 7.20. The van der Waals surface area contributed by atoms with Crippen LogP contribution in [0.2, 0.25) is 0 Å². The number of thiophene rings is 1. The average molecular weight is 263 g/mol. The summed E-state index contributed by atoms with van der Waals surface area (Å²) in [5.74, 6) is -0.979. The normalized spacial score (nSPS) is 10.4. The third-order valence-corrected chi connectivity index (χ3v) is 3.62. The summed E-state index contributed by atoms with van der Waals surface area (Å²) in [5, 5.41) is 12.3. The molecule has 18 heavy (non-hydrogen) atoms. The van der Waals surface area contributed by atoms with Crippen LogP contribution in [0.15, 0.2) is 30.3 Å². The van der Waals surface area contributed by atoms with Gasteiger partial charge in [0.2, 0.25) is 0 Å². The van der Waals surface area contributed by atoms with Crippen LogP contribution in [0, 0.1) is 0 Å². The molecule has 0 fully saturated rings. The maximum atomic E-state index is 11.8. The molecule has 0 aliphatic heterocycles. The zero-order chi connectivity index (χ0) is 13.0. The molecule has 94 valence electrons. The van der Waals surface area contributed by atoms with E-state index in [0.717, 1.165) is 10.1 Å². The van der Waals surface area contributed by atoms with Gasteiger partial charge in [0.1, 0.15) is 0 Å². The Labute approximate surface area is 108 Å². The fourth-order valence-corrected chi connectivity index (χ4v) is 2.60. The molecule has 1 aromatic heterocycles. The van der Waals surface area contributed by atoms with Crippen LogP contribution >= 0.6 is 11.3 Å². The number of amides is 1. The van der Waals surface area contributed by atoms with E-state index < -0.39 is 5.97 Å². The van der Waals surface area contributed by atoms with Gasteiger partial charge in [0.25, 0.3) is 5.91 Å². The second-order valence-corrected chi connectivity index (χ2v) is 4.99. The number of aliphatic carboxylic acids is 1. The highest BCUT2D eigenvalue weighted by Gasteiger charge is 2.09. The number of hydrogen-bond acceptors (Lipinski definition) is 3. The molecular weight excluding hydrogens is 250 g/mol. The van der Waals surface area contributed by atoms with Gasteiger partial charge in [-0.25, -0.2) is 0 Å². The first-order chi connectivity index (χ1) is 8.66. The maximum Gasteiger partial charge on any atom is 0.303 e. The summed E-state index contributed by atoms with van der Waals surface area (Å²) in [7, 11) is 0. The zero-order valence-corrected chi connectivity index (χ0v) is 10.5. The van der Waals surface area contributed by atoms with Crippen LogP contribution in [0.5, 0.6) is 0 Å². The molecule has 0 radical (unpaired) electrons. The molecule has 5 heteroatoms. The minimum Gasteiger partial charge on any atom is -0.481 e. The fourth-order valence-electron chi connectivity index (χ4n) is 1.62. The number of hydrogen-bond donors (Lipinski definition) is 2. The van der Waals surface area contributed by atoms with Crippen molar-refractivity contribution in [2.24, 2.45) is 0 Å². The minimum absolute atomic E-state index is 0.0761. The van der Waals surface area contributed by atoms with Crippen LogP contribution in [0.25, 0.3) is 10.1 Å². The quantitative estimate of drug-likeness (QED) is 0.814. The van der Waals surface area contributed by atoms with Crippen LogP contribution < -0.4 is 5.32 Å².